The molecule has 1 atom stereocenters. The maximum atomic E-state index is 12.8. The summed E-state index contributed by atoms with van der Waals surface area (Å²) in [6, 6.07) is 5.37. The quantitative estimate of drug-likeness (QED) is 0.784. The number of carbonyl (C=O) groups is 1. The fourth-order valence-corrected chi connectivity index (χ4v) is 5.06. The summed E-state index contributed by atoms with van der Waals surface area (Å²) in [5, 5.41) is 3.35. The van der Waals surface area contributed by atoms with Gasteiger partial charge in [-0.05, 0) is 60.9 Å². The molecule has 2 aliphatic rings. The second kappa shape index (κ2) is 8.90. The molecule has 2 N–H and O–H groups in total. The van der Waals surface area contributed by atoms with Gasteiger partial charge in [-0.1, -0.05) is 13.0 Å². The molecule has 27 heavy (non-hydrogen) atoms. The van der Waals surface area contributed by atoms with Crippen molar-refractivity contribution in [3.8, 4) is 0 Å². The van der Waals surface area contributed by atoms with Crippen molar-refractivity contribution < 1.29 is 13.2 Å². The maximum Gasteiger partial charge on any atom is 0.240 e. The molecule has 2 aliphatic heterocycles. The van der Waals surface area contributed by atoms with Gasteiger partial charge in [0.1, 0.15) is 0 Å². The van der Waals surface area contributed by atoms with Gasteiger partial charge in [0.05, 0.1) is 4.90 Å². The lowest BCUT2D eigenvalue weighted by atomic mass is 9.83. The molecule has 1 unspecified atom stereocenters. The van der Waals surface area contributed by atoms with Crippen molar-refractivity contribution in [1.82, 2.24) is 14.9 Å². The number of benzene rings is 1. The van der Waals surface area contributed by atoms with E-state index < -0.39 is 10.0 Å². The SMILES string of the molecule is CC(=O)N1CCc2ccc(S(=O)(=O)NCC3(C)CCCNC3)cc2CC1.Cl. The average Bonchev–Trinajstić information content (AvgIpc) is 2.83. The molecule has 3 rings (SSSR count). The zero-order chi connectivity index (χ0) is 18.8. The highest BCUT2D eigenvalue weighted by molar-refractivity contribution is 7.89. The Labute approximate surface area is 168 Å². The molecular weight excluding hydrogens is 386 g/mol. The van der Waals surface area contributed by atoms with Gasteiger partial charge < -0.3 is 10.2 Å². The summed E-state index contributed by atoms with van der Waals surface area (Å²) < 4.78 is 28.3. The number of hydrogen-bond acceptors (Lipinski definition) is 4. The number of rotatable bonds is 4. The number of amides is 1. The number of sulfonamides is 1. The van der Waals surface area contributed by atoms with Gasteiger partial charge in [0.2, 0.25) is 15.9 Å². The molecule has 6 nitrogen and oxygen atoms in total. The van der Waals surface area contributed by atoms with Crippen LogP contribution in [-0.4, -0.2) is 51.9 Å². The van der Waals surface area contributed by atoms with Crippen LogP contribution >= 0.6 is 12.4 Å². The Morgan fingerprint density at radius 3 is 2.59 bits per heavy atom. The van der Waals surface area contributed by atoms with Crippen LogP contribution < -0.4 is 10.0 Å². The molecule has 0 radical (unpaired) electrons. The highest BCUT2D eigenvalue weighted by Crippen LogP contribution is 2.26. The predicted molar refractivity (Wildman–Crippen MR) is 109 cm³/mol. The van der Waals surface area contributed by atoms with Crippen LogP contribution in [0.1, 0.15) is 37.8 Å². The summed E-state index contributed by atoms with van der Waals surface area (Å²) >= 11 is 0. The number of halogens is 1. The molecule has 1 amide bonds. The fourth-order valence-electron chi connectivity index (χ4n) is 3.81. The van der Waals surface area contributed by atoms with Crippen molar-refractivity contribution in [2.45, 2.75) is 44.4 Å². The highest BCUT2D eigenvalue weighted by Gasteiger charge is 2.29. The molecule has 0 aliphatic carbocycles. The van der Waals surface area contributed by atoms with Gasteiger partial charge in [-0.3, -0.25) is 4.79 Å². The molecule has 8 heteroatoms. The number of nitrogens with zero attached hydrogens (tertiary/aromatic N) is 1. The topological polar surface area (TPSA) is 78.5 Å². The Morgan fingerprint density at radius 1 is 1.26 bits per heavy atom. The first-order valence-electron chi connectivity index (χ1n) is 9.37. The second-order valence-electron chi connectivity index (χ2n) is 7.85. The molecule has 152 valence electrons. The summed E-state index contributed by atoms with van der Waals surface area (Å²) in [5.74, 6) is 0.0710. The largest absolute Gasteiger partial charge is 0.342 e. The minimum absolute atomic E-state index is 0. The van der Waals surface area contributed by atoms with E-state index in [4.69, 9.17) is 0 Å². The number of fused-ring (bicyclic) bond motifs is 1. The standard InChI is InChI=1S/C19H29N3O3S.ClH/c1-15(23)22-10-6-16-4-5-18(12-17(16)7-11-22)26(24,25)21-14-19(2)8-3-9-20-13-19;/h4-5,12,20-21H,3,6-11,13-14H2,1-2H3;1H. The van der Waals surface area contributed by atoms with E-state index in [0.29, 0.717) is 31.0 Å². The molecular formula is C19H30ClN3O3S. The lowest BCUT2D eigenvalue weighted by Crippen LogP contribution is -2.45. The van der Waals surface area contributed by atoms with Crippen LogP contribution in [0, 0.1) is 5.41 Å². The van der Waals surface area contributed by atoms with E-state index in [1.165, 1.54) is 0 Å². The summed E-state index contributed by atoms with van der Waals surface area (Å²) in [4.78, 5) is 13.8. The number of carbonyl (C=O) groups excluding carboxylic acids is 1. The zero-order valence-electron chi connectivity index (χ0n) is 16.1. The van der Waals surface area contributed by atoms with Gasteiger partial charge in [0, 0.05) is 33.1 Å². The first-order valence-corrected chi connectivity index (χ1v) is 10.9. The van der Waals surface area contributed by atoms with Gasteiger partial charge in [-0.2, -0.15) is 0 Å². The van der Waals surface area contributed by atoms with Crippen LogP contribution in [0.4, 0.5) is 0 Å². The molecule has 1 saturated heterocycles. The summed E-state index contributed by atoms with van der Waals surface area (Å²) in [6.45, 7) is 7.31. The van der Waals surface area contributed by atoms with Crippen LogP contribution in [0.25, 0.3) is 0 Å². The van der Waals surface area contributed by atoms with Gasteiger partial charge in [0.15, 0.2) is 0 Å². The first kappa shape index (κ1) is 22.1. The number of piperidine rings is 1. The van der Waals surface area contributed by atoms with E-state index in [1.54, 1.807) is 19.1 Å². The lowest BCUT2D eigenvalue weighted by Gasteiger charge is -2.34. The van der Waals surface area contributed by atoms with Gasteiger partial charge in [-0.15, -0.1) is 12.4 Å². The zero-order valence-corrected chi connectivity index (χ0v) is 17.7. The van der Waals surface area contributed by atoms with E-state index in [0.717, 1.165) is 43.5 Å². The van der Waals surface area contributed by atoms with Crippen LogP contribution in [-0.2, 0) is 27.7 Å². The monoisotopic (exact) mass is 415 g/mol. The third-order valence-electron chi connectivity index (χ3n) is 5.61. The molecule has 1 fully saturated rings. The third kappa shape index (κ3) is 5.44. The van der Waals surface area contributed by atoms with Crippen LogP contribution in [0.15, 0.2) is 23.1 Å². The Hall–Kier alpha value is -1.15. The second-order valence-corrected chi connectivity index (χ2v) is 9.62. The third-order valence-corrected chi connectivity index (χ3v) is 7.01. The van der Waals surface area contributed by atoms with Crippen molar-refractivity contribution >= 4 is 28.3 Å². The number of nitrogens with one attached hydrogen (secondary N) is 2. The van der Waals surface area contributed by atoms with Crippen LogP contribution in [0.2, 0.25) is 0 Å². The van der Waals surface area contributed by atoms with Crippen molar-refractivity contribution in [1.29, 1.82) is 0 Å². The summed E-state index contributed by atoms with van der Waals surface area (Å²) in [5.41, 5.74) is 2.12. The number of hydrogen-bond donors (Lipinski definition) is 2. The molecule has 0 bridgehead atoms. The smallest absolute Gasteiger partial charge is 0.240 e. The van der Waals surface area contributed by atoms with E-state index >= 15 is 0 Å². The van der Waals surface area contributed by atoms with E-state index in [9.17, 15) is 13.2 Å². The summed E-state index contributed by atoms with van der Waals surface area (Å²) in [7, 11) is -3.53. The lowest BCUT2D eigenvalue weighted by molar-refractivity contribution is -0.128. The fraction of sp³-hybridized carbons (Fsp3) is 0.632. The Balaban J connectivity index is 0.00000261. The Bertz CT molecular complexity index is 776. The van der Waals surface area contributed by atoms with Crippen molar-refractivity contribution in [2.75, 3.05) is 32.7 Å². The van der Waals surface area contributed by atoms with E-state index in [1.807, 2.05) is 11.0 Å². The maximum absolute atomic E-state index is 12.8. The van der Waals surface area contributed by atoms with Crippen molar-refractivity contribution in [2.24, 2.45) is 5.41 Å². The van der Waals surface area contributed by atoms with Gasteiger partial charge in [0.25, 0.3) is 0 Å². The van der Waals surface area contributed by atoms with Crippen LogP contribution in [0.5, 0.6) is 0 Å². The first-order chi connectivity index (χ1) is 12.3. The molecule has 2 heterocycles. The van der Waals surface area contributed by atoms with Gasteiger partial charge >= 0.3 is 0 Å². The molecule has 1 aromatic carbocycles. The van der Waals surface area contributed by atoms with Crippen LogP contribution in [0.3, 0.4) is 0 Å². The Kier molecular flexibility index (Phi) is 7.30. The molecule has 0 saturated carbocycles. The normalized spacial score (nSPS) is 23.1. The van der Waals surface area contributed by atoms with Crippen molar-refractivity contribution in [3.05, 3.63) is 29.3 Å². The predicted octanol–water partition coefficient (Wildman–Crippen LogP) is 1.72. The minimum atomic E-state index is -3.53. The Morgan fingerprint density at radius 2 is 1.96 bits per heavy atom. The minimum Gasteiger partial charge on any atom is -0.342 e. The van der Waals surface area contributed by atoms with Crippen molar-refractivity contribution in [3.63, 3.8) is 0 Å². The molecule has 0 aromatic heterocycles. The average molecular weight is 416 g/mol. The van der Waals surface area contributed by atoms with E-state index in [-0.39, 0.29) is 23.7 Å². The molecule has 1 aromatic rings. The van der Waals surface area contributed by atoms with E-state index in [2.05, 4.69) is 17.0 Å². The highest BCUT2D eigenvalue weighted by atomic mass is 35.5. The molecule has 0 spiro atoms. The summed E-state index contributed by atoms with van der Waals surface area (Å²) in [6.07, 6.45) is 3.56. The van der Waals surface area contributed by atoms with Gasteiger partial charge in [-0.25, -0.2) is 13.1 Å².